The lowest BCUT2D eigenvalue weighted by molar-refractivity contribution is 0.0944. The average Bonchev–Trinajstić information content (AvgIpc) is 3.21. The first kappa shape index (κ1) is 21.4. The smallest absolute Gasteiger partial charge is 0.252 e. The molecule has 0 unspecified atom stereocenters. The molecule has 6 nitrogen and oxygen atoms in total. The van der Waals surface area contributed by atoms with Crippen molar-refractivity contribution in [2.45, 2.75) is 58.5 Å². The monoisotopic (exact) mass is 417 g/mol. The number of aromatic nitrogens is 3. The molecule has 1 aliphatic rings. The van der Waals surface area contributed by atoms with Crippen LogP contribution < -0.4 is 5.32 Å². The highest BCUT2D eigenvalue weighted by Crippen LogP contribution is 2.30. The van der Waals surface area contributed by atoms with Gasteiger partial charge in [0.05, 0.1) is 11.1 Å². The molecular formula is C25H31N5O. The Kier molecular flexibility index (Phi) is 6.28. The minimum absolute atomic E-state index is 0.0351. The zero-order chi connectivity index (χ0) is 22.0. The van der Waals surface area contributed by atoms with Gasteiger partial charge in [0.1, 0.15) is 5.82 Å². The van der Waals surface area contributed by atoms with Gasteiger partial charge in [-0.15, -0.1) is 0 Å². The summed E-state index contributed by atoms with van der Waals surface area (Å²) >= 11 is 0. The van der Waals surface area contributed by atoms with Gasteiger partial charge in [0.2, 0.25) is 0 Å². The lowest BCUT2D eigenvalue weighted by Crippen LogP contribution is -2.30. The summed E-state index contributed by atoms with van der Waals surface area (Å²) in [5.74, 6) is 1.50. The lowest BCUT2D eigenvalue weighted by Gasteiger charge is -2.17. The largest absolute Gasteiger partial charge is 0.350 e. The van der Waals surface area contributed by atoms with Crippen molar-refractivity contribution in [1.29, 1.82) is 0 Å². The van der Waals surface area contributed by atoms with E-state index in [1.54, 1.807) is 0 Å². The van der Waals surface area contributed by atoms with E-state index in [0.717, 1.165) is 54.0 Å². The van der Waals surface area contributed by atoms with E-state index in [4.69, 9.17) is 4.98 Å². The molecule has 3 aromatic rings. The minimum atomic E-state index is -0.0351. The van der Waals surface area contributed by atoms with Crippen LogP contribution >= 0.6 is 0 Å². The third-order valence-electron chi connectivity index (χ3n) is 5.74. The molecule has 2 aromatic heterocycles. The van der Waals surface area contributed by atoms with E-state index in [1.165, 1.54) is 0 Å². The topological polar surface area (TPSA) is 71.0 Å². The maximum absolute atomic E-state index is 12.9. The first-order valence-corrected chi connectivity index (χ1v) is 11.1. The summed E-state index contributed by atoms with van der Waals surface area (Å²) in [6.45, 7) is 10.9. The predicted octanol–water partition coefficient (Wildman–Crippen LogP) is 4.28. The Labute approximate surface area is 184 Å². The first-order valence-electron chi connectivity index (χ1n) is 11.1. The summed E-state index contributed by atoms with van der Waals surface area (Å²) in [6, 6.07) is 9.99. The molecule has 1 aliphatic heterocycles. The number of nitrogens with zero attached hydrogens (tertiary/aromatic N) is 4. The number of hydrogen-bond donors (Lipinski definition) is 1. The molecule has 0 saturated carbocycles. The van der Waals surface area contributed by atoms with E-state index in [-0.39, 0.29) is 11.9 Å². The number of amides is 1. The fraction of sp³-hybridized carbons (Fsp3) is 0.440. The molecule has 162 valence electrons. The third-order valence-corrected chi connectivity index (χ3v) is 5.74. The van der Waals surface area contributed by atoms with Crippen molar-refractivity contribution in [2.75, 3.05) is 13.1 Å². The maximum atomic E-state index is 12.9. The van der Waals surface area contributed by atoms with E-state index >= 15 is 0 Å². The summed E-state index contributed by atoms with van der Waals surface area (Å²) < 4.78 is 0. The SMILES string of the molecule is CC(C)NC(=O)c1cc([C@@H]2CCN(Cc3cnc(C(C)C)nc3)C2)nc2ccccc12. The van der Waals surface area contributed by atoms with E-state index in [0.29, 0.717) is 17.4 Å². The van der Waals surface area contributed by atoms with E-state index < -0.39 is 0 Å². The van der Waals surface area contributed by atoms with Gasteiger partial charge in [-0.1, -0.05) is 32.0 Å². The van der Waals surface area contributed by atoms with Crippen LogP contribution in [-0.4, -0.2) is 44.9 Å². The van der Waals surface area contributed by atoms with Gasteiger partial charge >= 0.3 is 0 Å². The highest BCUT2D eigenvalue weighted by atomic mass is 16.1. The summed E-state index contributed by atoms with van der Waals surface area (Å²) in [4.78, 5) is 29.2. The normalized spacial score (nSPS) is 17.0. The fourth-order valence-corrected chi connectivity index (χ4v) is 4.15. The summed E-state index contributed by atoms with van der Waals surface area (Å²) in [5.41, 5.74) is 3.73. The van der Waals surface area contributed by atoms with Gasteiger partial charge in [0, 0.05) is 60.0 Å². The van der Waals surface area contributed by atoms with Crippen LogP contribution in [0.3, 0.4) is 0 Å². The molecule has 1 fully saturated rings. The van der Waals surface area contributed by atoms with E-state index in [2.05, 4.69) is 34.0 Å². The van der Waals surface area contributed by atoms with Gasteiger partial charge in [-0.3, -0.25) is 14.7 Å². The number of carbonyl (C=O) groups is 1. The van der Waals surface area contributed by atoms with Crippen LogP contribution in [0, 0.1) is 0 Å². The number of likely N-dealkylation sites (tertiary alicyclic amines) is 1. The van der Waals surface area contributed by atoms with Crippen LogP contribution in [0.2, 0.25) is 0 Å². The number of carbonyl (C=O) groups excluding carboxylic acids is 1. The number of benzene rings is 1. The fourth-order valence-electron chi connectivity index (χ4n) is 4.15. The second kappa shape index (κ2) is 9.10. The zero-order valence-electron chi connectivity index (χ0n) is 18.8. The van der Waals surface area contributed by atoms with Crippen LogP contribution in [0.5, 0.6) is 0 Å². The lowest BCUT2D eigenvalue weighted by atomic mass is 9.99. The maximum Gasteiger partial charge on any atom is 0.252 e. The number of hydrogen-bond acceptors (Lipinski definition) is 5. The molecule has 6 heteroatoms. The Morgan fingerprint density at radius 2 is 1.90 bits per heavy atom. The second-order valence-corrected chi connectivity index (χ2v) is 9.06. The van der Waals surface area contributed by atoms with Gasteiger partial charge in [0.15, 0.2) is 0 Å². The quantitative estimate of drug-likeness (QED) is 0.648. The second-order valence-electron chi connectivity index (χ2n) is 9.06. The predicted molar refractivity (Wildman–Crippen MR) is 123 cm³/mol. The molecule has 1 atom stereocenters. The molecule has 4 rings (SSSR count). The van der Waals surface area contributed by atoms with Crippen molar-refractivity contribution in [1.82, 2.24) is 25.2 Å². The van der Waals surface area contributed by atoms with Gasteiger partial charge in [-0.25, -0.2) is 9.97 Å². The number of fused-ring (bicyclic) bond motifs is 1. The summed E-state index contributed by atoms with van der Waals surface area (Å²) in [7, 11) is 0. The Balaban J connectivity index is 1.53. The molecule has 1 amide bonds. The van der Waals surface area contributed by atoms with Gasteiger partial charge < -0.3 is 5.32 Å². The Hall–Kier alpha value is -2.86. The highest BCUT2D eigenvalue weighted by Gasteiger charge is 2.27. The van der Waals surface area contributed by atoms with Crippen molar-refractivity contribution in [3.05, 3.63) is 65.4 Å². The van der Waals surface area contributed by atoms with E-state index in [1.807, 2.05) is 56.6 Å². The highest BCUT2D eigenvalue weighted by molar-refractivity contribution is 6.06. The molecule has 1 saturated heterocycles. The van der Waals surface area contributed by atoms with Gasteiger partial charge in [-0.2, -0.15) is 0 Å². The van der Waals surface area contributed by atoms with Crippen molar-refractivity contribution in [3.8, 4) is 0 Å². The van der Waals surface area contributed by atoms with Gasteiger partial charge in [0.25, 0.3) is 5.91 Å². The van der Waals surface area contributed by atoms with Gasteiger partial charge in [-0.05, 0) is 38.9 Å². The third kappa shape index (κ3) is 4.90. The molecule has 0 spiro atoms. The van der Waals surface area contributed by atoms with Crippen molar-refractivity contribution in [3.63, 3.8) is 0 Å². The van der Waals surface area contributed by atoms with Crippen LogP contribution in [0.25, 0.3) is 10.9 Å². The van der Waals surface area contributed by atoms with Crippen LogP contribution in [-0.2, 0) is 6.54 Å². The molecular weight excluding hydrogens is 386 g/mol. The minimum Gasteiger partial charge on any atom is -0.350 e. The molecule has 31 heavy (non-hydrogen) atoms. The number of para-hydroxylation sites is 1. The van der Waals surface area contributed by atoms with Crippen molar-refractivity contribution < 1.29 is 4.79 Å². The number of rotatable bonds is 6. The van der Waals surface area contributed by atoms with Crippen LogP contribution in [0.15, 0.2) is 42.7 Å². The molecule has 1 N–H and O–H groups in total. The Morgan fingerprint density at radius 1 is 1.16 bits per heavy atom. The molecule has 0 aliphatic carbocycles. The van der Waals surface area contributed by atoms with Crippen LogP contribution in [0.1, 0.15) is 73.4 Å². The Bertz CT molecular complexity index is 1060. The number of pyridine rings is 1. The summed E-state index contributed by atoms with van der Waals surface area (Å²) in [5, 5.41) is 3.94. The molecule has 0 radical (unpaired) electrons. The first-order chi connectivity index (χ1) is 14.9. The number of nitrogens with one attached hydrogen (secondary N) is 1. The standard InChI is InChI=1S/C25H31N5O/c1-16(2)24-26-12-18(13-27-24)14-30-10-9-19(15-30)23-11-21(25(31)28-17(3)4)20-7-5-6-8-22(20)29-23/h5-8,11-13,16-17,19H,9-10,14-15H2,1-4H3,(H,28,31)/t19-/m1/s1. The van der Waals surface area contributed by atoms with Crippen molar-refractivity contribution >= 4 is 16.8 Å². The zero-order valence-corrected chi connectivity index (χ0v) is 18.8. The van der Waals surface area contributed by atoms with E-state index in [9.17, 15) is 4.79 Å². The molecule has 0 bridgehead atoms. The molecule has 1 aromatic carbocycles. The Morgan fingerprint density at radius 3 is 2.61 bits per heavy atom. The summed E-state index contributed by atoms with van der Waals surface area (Å²) in [6.07, 6.45) is 4.91. The van der Waals surface area contributed by atoms with Crippen molar-refractivity contribution in [2.24, 2.45) is 0 Å². The average molecular weight is 418 g/mol. The molecule has 3 heterocycles. The van der Waals surface area contributed by atoms with Crippen LogP contribution in [0.4, 0.5) is 0 Å².